The molecule has 0 bridgehead atoms. The molecule has 230 valence electrons. The van der Waals surface area contributed by atoms with Crippen molar-refractivity contribution in [2.45, 2.75) is 68.6 Å². The zero-order chi connectivity index (χ0) is 30.6. The molecule has 2 aliphatic rings. The van der Waals surface area contributed by atoms with Gasteiger partial charge < -0.3 is 0 Å². The number of ketones is 1. The Kier molecular flexibility index (Phi) is 9.76. The maximum absolute atomic E-state index is 13.4. The second-order valence-electron chi connectivity index (χ2n) is 12.5. The van der Waals surface area contributed by atoms with Crippen LogP contribution in [0.2, 0.25) is 0 Å². The zero-order valence-corrected chi connectivity index (χ0v) is 25.5. The van der Waals surface area contributed by atoms with Gasteiger partial charge in [-0.25, -0.2) is 21.6 Å². The molecule has 1 heterocycles. The number of likely N-dealkylation sites (tertiary alicyclic amines) is 1. The molecule has 4 nitrogen and oxygen atoms in total. The number of carbonyl (C=O) groups excluding carboxylic acids is 1. The van der Waals surface area contributed by atoms with Crippen LogP contribution in [0.1, 0.15) is 62.5 Å². The number of halogens is 3. The first-order valence-corrected chi connectivity index (χ1v) is 16.9. The molecule has 1 aliphatic carbocycles. The lowest BCUT2D eigenvalue weighted by molar-refractivity contribution is -0.124. The molecule has 2 fully saturated rings. The highest BCUT2D eigenvalue weighted by atomic mass is 32.2. The van der Waals surface area contributed by atoms with Gasteiger partial charge in [-0.15, -0.1) is 0 Å². The average molecular weight is 612 g/mol. The Hall–Kier alpha value is -2.97. The van der Waals surface area contributed by atoms with Crippen molar-refractivity contribution in [3.05, 3.63) is 89.7 Å². The van der Waals surface area contributed by atoms with Crippen molar-refractivity contribution in [2.75, 3.05) is 25.4 Å². The van der Waals surface area contributed by atoms with Gasteiger partial charge in [0.15, 0.2) is 9.84 Å². The summed E-state index contributed by atoms with van der Waals surface area (Å²) in [6.07, 6.45) is 3.88. The maximum Gasteiger partial charge on any atom is 0.261 e. The molecule has 1 atom stereocenters. The summed E-state index contributed by atoms with van der Waals surface area (Å²) in [5.74, 6) is -2.57. The predicted octanol–water partition coefficient (Wildman–Crippen LogP) is 7.72. The first-order valence-electron chi connectivity index (χ1n) is 15.3. The monoisotopic (exact) mass is 611 g/mol. The second-order valence-corrected chi connectivity index (χ2v) is 14.5. The van der Waals surface area contributed by atoms with E-state index in [-0.39, 0.29) is 48.1 Å². The molecular weight excluding hydrogens is 571 g/mol. The third-order valence-electron chi connectivity index (χ3n) is 9.17. The van der Waals surface area contributed by atoms with E-state index < -0.39 is 15.8 Å². The number of Topliss-reactive ketones (excluding diaryl/α,β-unsaturated/α-hetero) is 1. The molecule has 0 aromatic heterocycles. The molecule has 5 rings (SSSR count). The van der Waals surface area contributed by atoms with Crippen LogP contribution < -0.4 is 0 Å². The minimum atomic E-state index is -3.46. The highest BCUT2D eigenvalue weighted by Gasteiger charge is 2.37. The highest BCUT2D eigenvalue weighted by Crippen LogP contribution is 2.34. The molecule has 3 aromatic rings. The first-order chi connectivity index (χ1) is 20.5. The summed E-state index contributed by atoms with van der Waals surface area (Å²) in [4.78, 5) is 15.0. The van der Waals surface area contributed by atoms with E-state index >= 15 is 0 Å². The summed E-state index contributed by atoms with van der Waals surface area (Å²) in [5.41, 5.74) is 3.91. The summed E-state index contributed by atoms with van der Waals surface area (Å²) in [6, 6.07) is 21.2. The van der Waals surface area contributed by atoms with E-state index in [9.17, 15) is 26.4 Å². The van der Waals surface area contributed by atoms with Crippen LogP contribution >= 0.6 is 0 Å². The minimum Gasteiger partial charge on any atom is -0.299 e. The number of rotatable bonds is 11. The quantitative estimate of drug-likeness (QED) is 0.223. The summed E-state index contributed by atoms with van der Waals surface area (Å²) in [6.45, 7) is 2.85. The van der Waals surface area contributed by atoms with E-state index in [1.165, 1.54) is 12.1 Å². The Morgan fingerprint density at radius 2 is 1.51 bits per heavy atom. The topological polar surface area (TPSA) is 54.5 Å². The fourth-order valence-electron chi connectivity index (χ4n) is 6.44. The van der Waals surface area contributed by atoms with Gasteiger partial charge in [0, 0.05) is 31.8 Å². The van der Waals surface area contributed by atoms with Crippen LogP contribution in [-0.4, -0.2) is 50.4 Å². The summed E-state index contributed by atoms with van der Waals surface area (Å²) < 4.78 is 66.5. The van der Waals surface area contributed by atoms with Crippen LogP contribution in [0, 0.1) is 17.7 Å². The number of hydrogen-bond acceptors (Lipinski definition) is 4. The van der Waals surface area contributed by atoms with Gasteiger partial charge in [-0.3, -0.25) is 9.69 Å². The predicted molar refractivity (Wildman–Crippen MR) is 164 cm³/mol. The lowest BCUT2D eigenvalue weighted by Crippen LogP contribution is -2.27. The van der Waals surface area contributed by atoms with Crippen molar-refractivity contribution >= 4 is 15.6 Å². The van der Waals surface area contributed by atoms with Crippen LogP contribution in [0.25, 0.3) is 11.1 Å². The molecule has 0 radical (unpaired) electrons. The van der Waals surface area contributed by atoms with Gasteiger partial charge in [0.05, 0.1) is 17.2 Å². The second kappa shape index (κ2) is 13.3. The molecule has 1 saturated heterocycles. The van der Waals surface area contributed by atoms with Crippen molar-refractivity contribution in [2.24, 2.45) is 11.8 Å². The Morgan fingerprint density at radius 3 is 2.09 bits per heavy atom. The third-order valence-corrected chi connectivity index (χ3v) is 11.1. The SMILES string of the molecule is C[C@@H](CC(=O)C1CCC(CS(=O)(=O)c2ccc(-c3ccc(CCN4CCC(F)(F)C4)cc3)cc2)CC1)c1ccc(F)cc1. The number of hydrogen-bond donors (Lipinski definition) is 0. The fraction of sp³-hybridized carbons (Fsp3) is 0.457. The van der Waals surface area contributed by atoms with Crippen molar-refractivity contribution in [3.8, 4) is 11.1 Å². The van der Waals surface area contributed by atoms with E-state index in [4.69, 9.17) is 0 Å². The molecule has 0 spiro atoms. The number of sulfone groups is 1. The Morgan fingerprint density at radius 1 is 0.907 bits per heavy atom. The van der Waals surface area contributed by atoms with Crippen LogP contribution in [0.5, 0.6) is 0 Å². The standard InChI is InChI=1S/C35H40F3NO3S/c1-25(28-10-14-32(36)15-11-28)22-34(40)31-8-4-27(5-9-31)23-43(41,42)33-16-12-30(13-17-33)29-6-2-26(3-7-29)18-20-39-21-19-35(37,38)24-39/h2-3,6-7,10-17,25,27,31H,4-5,8-9,18-24H2,1H3/t25-,27?,31?/m0/s1. The number of nitrogens with zero attached hydrogens (tertiary/aromatic N) is 1. The smallest absolute Gasteiger partial charge is 0.261 e. The van der Waals surface area contributed by atoms with Crippen LogP contribution in [-0.2, 0) is 21.1 Å². The molecule has 0 amide bonds. The molecule has 1 aliphatic heterocycles. The van der Waals surface area contributed by atoms with Crippen molar-refractivity contribution in [1.29, 1.82) is 0 Å². The Balaban J connectivity index is 1.09. The maximum atomic E-state index is 13.4. The van der Waals surface area contributed by atoms with Crippen LogP contribution in [0.15, 0.2) is 77.7 Å². The summed E-state index contributed by atoms with van der Waals surface area (Å²) >= 11 is 0. The van der Waals surface area contributed by atoms with Gasteiger partial charge in [0.2, 0.25) is 0 Å². The van der Waals surface area contributed by atoms with E-state index in [0.717, 1.165) is 22.3 Å². The lowest BCUT2D eigenvalue weighted by atomic mass is 9.78. The van der Waals surface area contributed by atoms with Gasteiger partial charge in [0.1, 0.15) is 11.6 Å². The zero-order valence-electron chi connectivity index (χ0n) is 24.7. The van der Waals surface area contributed by atoms with Crippen molar-refractivity contribution < 1.29 is 26.4 Å². The van der Waals surface area contributed by atoms with E-state index in [0.29, 0.717) is 56.5 Å². The van der Waals surface area contributed by atoms with Gasteiger partial charge in [-0.2, -0.15) is 0 Å². The molecule has 0 N–H and O–H groups in total. The molecule has 0 unspecified atom stereocenters. The third kappa shape index (κ3) is 8.36. The number of alkyl halides is 2. The van der Waals surface area contributed by atoms with Gasteiger partial charge >= 0.3 is 0 Å². The Labute approximate surface area is 253 Å². The fourth-order valence-corrected chi connectivity index (χ4v) is 8.14. The summed E-state index contributed by atoms with van der Waals surface area (Å²) in [5, 5.41) is 0. The average Bonchev–Trinajstić information content (AvgIpc) is 3.35. The molecular formula is C35H40F3NO3S. The van der Waals surface area contributed by atoms with Gasteiger partial charge in [-0.1, -0.05) is 55.5 Å². The summed E-state index contributed by atoms with van der Waals surface area (Å²) in [7, 11) is -3.46. The highest BCUT2D eigenvalue weighted by molar-refractivity contribution is 7.91. The van der Waals surface area contributed by atoms with Gasteiger partial charge in [-0.05, 0) is 90.5 Å². The largest absolute Gasteiger partial charge is 0.299 e. The normalized spacial score (nSPS) is 21.5. The van der Waals surface area contributed by atoms with Crippen molar-refractivity contribution in [3.63, 3.8) is 0 Å². The number of benzene rings is 3. The molecule has 1 saturated carbocycles. The molecule has 8 heteroatoms. The van der Waals surface area contributed by atoms with E-state index in [1.807, 2.05) is 43.3 Å². The minimum absolute atomic E-state index is 0.0187. The Bertz CT molecular complexity index is 1480. The van der Waals surface area contributed by atoms with Crippen molar-refractivity contribution in [1.82, 2.24) is 4.90 Å². The van der Waals surface area contributed by atoms with Gasteiger partial charge in [0.25, 0.3) is 5.92 Å². The van der Waals surface area contributed by atoms with E-state index in [2.05, 4.69) is 0 Å². The number of carbonyl (C=O) groups is 1. The first kappa shape index (κ1) is 31.5. The van der Waals surface area contributed by atoms with E-state index in [1.54, 1.807) is 29.2 Å². The lowest BCUT2D eigenvalue weighted by Gasteiger charge is -2.28. The molecule has 43 heavy (non-hydrogen) atoms. The molecule has 3 aromatic carbocycles. The van der Waals surface area contributed by atoms with Crippen LogP contribution in [0.3, 0.4) is 0 Å². The van der Waals surface area contributed by atoms with Crippen LogP contribution in [0.4, 0.5) is 13.2 Å².